The molecule has 1 atom stereocenters. The molecule has 1 N–H and O–H groups in total. The largest absolute Gasteiger partial charge is 0.337 e. The zero-order chi connectivity index (χ0) is 23.6. The molecule has 0 saturated heterocycles. The molecule has 0 unspecified atom stereocenters. The molecule has 0 radical (unpaired) electrons. The highest BCUT2D eigenvalue weighted by molar-refractivity contribution is 7.89. The number of hydrogen-bond acceptors (Lipinski definition) is 5. The minimum atomic E-state index is -3.86. The lowest BCUT2D eigenvalue weighted by Gasteiger charge is -2.31. The number of rotatable bonds is 7. The first kappa shape index (κ1) is 23.6. The van der Waals surface area contributed by atoms with E-state index in [0.29, 0.717) is 19.5 Å². The number of sulfonamides is 1. The van der Waals surface area contributed by atoms with Gasteiger partial charge >= 0.3 is 0 Å². The van der Waals surface area contributed by atoms with Crippen LogP contribution >= 0.6 is 11.3 Å². The van der Waals surface area contributed by atoms with Crippen LogP contribution in [-0.2, 0) is 14.8 Å². The molecule has 0 fully saturated rings. The molecule has 33 heavy (non-hydrogen) atoms. The van der Waals surface area contributed by atoms with Crippen molar-refractivity contribution in [1.29, 1.82) is 0 Å². The van der Waals surface area contributed by atoms with Gasteiger partial charge in [-0.1, -0.05) is 50.3 Å². The van der Waals surface area contributed by atoms with E-state index in [1.165, 1.54) is 16.9 Å². The van der Waals surface area contributed by atoms with Crippen molar-refractivity contribution >= 4 is 43.1 Å². The van der Waals surface area contributed by atoms with Gasteiger partial charge in [0, 0.05) is 13.1 Å². The lowest BCUT2D eigenvalue weighted by molar-refractivity contribution is -0.133. The van der Waals surface area contributed by atoms with Gasteiger partial charge in [-0.15, -0.1) is 11.3 Å². The van der Waals surface area contributed by atoms with E-state index in [4.69, 9.17) is 0 Å². The number of carbonyl (C=O) groups excluding carboxylic acids is 1. The van der Waals surface area contributed by atoms with Gasteiger partial charge in [-0.05, 0) is 55.0 Å². The van der Waals surface area contributed by atoms with E-state index in [9.17, 15) is 13.2 Å². The predicted molar refractivity (Wildman–Crippen MR) is 134 cm³/mol. The normalized spacial score (nSPS) is 15.6. The Kier molecular flexibility index (Phi) is 6.97. The third kappa shape index (κ3) is 5.51. The number of fused-ring (bicyclic) bond motifs is 1. The Morgan fingerprint density at radius 2 is 1.94 bits per heavy atom. The minimum Gasteiger partial charge on any atom is -0.337 e. The average Bonchev–Trinajstić information content (AvgIpc) is 3.17. The molecule has 2 heterocycles. The Balaban J connectivity index is 1.52. The smallest absolute Gasteiger partial charge is 0.241 e. The first-order chi connectivity index (χ1) is 15.7. The second kappa shape index (κ2) is 9.75. The number of hydrogen-bond donors (Lipinski definition) is 1. The molecule has 174 valence electrons. The molecule has 0 aliphatic carbocycles. The standard InChI is InChI=1S/C25H29N3O3S2/c1-17(2)15-23(25(29)28-13-11-20(12-14-28)19-7-5-4-6-8-19)27-33(30,31)21-9-10-22-24(16-21)32-18(3)26-22/h4-11,16-17,23,27H,12-15H2,1-3H3/t23-/m0/s1. The van der Waals surface area contributed by atoms with Gasteiger partial charge in [0.2, 0.25) is 15.9 Å². The van der Waals surface area contributed by atoms with Gasteiger partial charge in [0.1, 0.15) is 6.04 Å². The first-order valence-electron chi connectivity index (χ1n) is 11.2. The van der Waals surface area contributed by atoms with Crippen LogP contribution in [0.3, 0.4) is 0 Å². The Hall–Kier alpha value is -2.55. The monoisotopic (exact) mass is 483 g/mol. The summed E-state index contributed by atoms with van der Waals surface area (Å²) < 4.78 is 29.9. The Morgan fingerprint density at radius 1 is 1.18 bits per heavy atom. The summed E-state index contributed by atoms with van der Waals surface area (Å²) >= 11 is 1.45. The predicted octanol–water partition coefficient (Wildman–Crippen LogP) is 4.61. The zero-order valence-electron chi connectivity index (χ0n) is 19.1. The molecule has 3 aromatic rings. The second-order valence-electron chi connectivity index (χ2n) is 8.80. The highest BCUT2D eigenvalue weighted by Gasteiger charge is 2.31. The van der Waals surface area contributed by atoms with Gasteiger partial charge in [-0.2, -0.15) is 4.72 Å². The quantitative estimate of drug-likeness (QED) is 0.532. The maximum absolute atomic E-state index is 13.4. The number of nitrogens with zero attached hydrogens (tertiary/aromatic N) is 2. The fraction of sp³-hybridized carbons (Fsp3) is 0.360. The Labute approximate surface area is 199 Å². The fourth-order valence-corrected chi connectivity index (χ4v) is 6.29. The SMILES string of the molecule is Cc1nc2ccc(S(=O)(=O)N[C@@H](CC(C)C)C(=O)N3CC=C(c4ccccc4)CC3)cc2s1. The zero-order valence-corrected chi connectivity index (χ0v) is 20.7. The van der Waals surface area contributed by atoms with Crippen molar-refractivity contribution in [3.8, 4) is 0 Å². The van der Waals surface area contributed by atoms with E-state index >= 15 is 0 Å². The van der Waals surface area contributed by atoms with E-state index in [-0.39, 0.29) is 16.7 Å². The van der Waals surface area contributed by atoms with Gasteiger partial charge in [0.05, 0.1) is 20.1 Å². The van der Waals surface area contributed by atoms with E-state index in [1.54, 1.807) is 23.1 Å². The number of aromatic nitrogens is 1. The minimum absolute atomic E-state index is 0.158. The van der Waals surface area contributed by atoms with Crippen LogP contribution in [0.15, 0.2) is 59.5 Å². The van der Waals surface area contributed by atoms with Crippen molar-refractivity contribution in [3.05, 3.63) is 65.2 Å². The van der Waals surface area contributed by atoms with Gasteiger partial charge in [-0.25, -0.2) is 13.4 Å². The number of thiazole rings is 1. The van der Waals surface area contributed by atoms with Crippen LogP contribution in [0.1, 0.15) is 37.3 Å². The van der Waals surface area contributed by atoms with Crippen molar-refractivity contribution in [2.75, 3.05) is 13.1 Å². The topological polar surface area (TPSA) is 79.4 Å². The lowest BCUT2D eigenvalue weighted by atomic mass is 9.98. The van der Waals surface area contributed by atoms with E-state index in [0.717, 1.165) is 27.2 Å². The summed E-state index contributed by atoms with van der Waals surface area (Å²) in [6, 6.07) is 14.2. The Bertz CT molecular complexity index is 1280. The van der Waals surface area contributed by atoms with Crippen molar-refractivity contribution in [1.82, 2.24) is 14.6 Å². The van der Waals surface area contributed by atoms with E-state index in [2.05, 4.69) is 27.9 Å². The van der Waals surface area contributed by atoms with E-state index in [1.807, 2.05) is 39.0 Å². The van der Waals surface area contributed by atoms with Gasteiger partial charge in [0.15, 0.2) is 0 Å². The summed E-state index contributed by atoms with van der Waals surface area (Å²) in [4.78, 5) is 19.7. The summed E-state index contributed by atoms with van der Waals surface area (Å²) in [6.45, 7) is 6.92. The maximum Gasteiger partial charge on any atom is 0.241 e. The number of aryl methyl sites for hydroxylation is 1. The molecule has 0 saturated carbocycles. The summed E-state index contributed by atoms with van der Waals surface area (Å²) in [5, 5.41) is 0.883. The molecule has 4 rings (SSSR count). The molecule has 6 nitrogen and oxygen atoms in total. The second-order valence-corrected chi connectivity index (χ2v) is 11.7. The van der Waals surface area contributed by atoms with Crippen LogP contribution in [0.5, 0.6) is 0 Å². The van der Waals surface area contributed by atoms with Gasteiger partial charge in [0.25, 0.3) is 0 Å². The Morgan fingerprint density at radius 3 is 2.61 bits per heavy atom. The highest BCUT2D eigenvalue weighted by atomic mass is 32.2. The van der Waals surface area contributed by atoms with Crippen molar-refractivity contribution in [3.63, 3.8) is 0 Å². The van der Waals surface area contributed by atoms with E-state index < -0.39 is 16.1 Å². The van der Waals surface area contributed by atoms with Crippen molar-refractivity contribution < 1.29 is 13.2 Å². The first-order valence-corrected chi connectivity index (χ1v) is 13.5. The molecule has 1 aromatic heterocycles. The third-order valence-electron chi connectivity index (χ3n) is 5.75. The molecular weight excluding hydrogens is 454 g/mol. The summed E-state index contributed by atoms with van der Waals surface area (Å²) in [6.07, 6.45) is 3.25. The molecule has 1 aliphatic rings. The lowest BCUT2D eigenvalue weighted by Crippen LogP contribution is -2.50. The molecule has 0 spiro atoms. The van der Waals surface area contributed by atoms with Crippen LogP contribution in [0, 0.1) is 12.8 Å². The number of carbonyl (C=O) groups is 1. The molecular formula is C25H29N3O3S2. The van der Waals surface area contributed by atoms with Gasteiger partial charge < -0.3 is 4.90 Å². The number of amides is 1. The van der Waals surface area contributed by atoms with Crippen LogP contribution in [0.4, 0.5) is 0 Å². The van der Waals surface area contributed by atoms with Crippen LogP contribution in [0.2, 0.25) is 0 Å². The van der Waals surface area contributed by atoms with Crippen LogP contribution in [0.25, 0.3) is 15.8 Å². The number of nitrogens with one attached hydrogen (secondary N) is 1. The summed E-state index contributed by atoms with van der Waals surface area (Å²) in [7, 11) is -3.86. The van der Waals surface area contributed by atoms with Crippen LogP contribution < -0.4 is 4.72 Å². The summed E-state index contributed by atoms with van der Waals surface area (Å²) in [5.74, 6) is -0.0150. The molecule has 2 aromatic carbocycles. The average molecular weight is 484 g/mol. The molecule has 0 bridgehead atoms. The molecule has 1 amide bonds. The van der Waals surface area contributed by atoms with Gasteiger partial charge in [-0.3, -0.25) is 4.79 Å². The molecule has 1 aliphatic heterocycles. The maximum atomic E-state index is 13.4. The number of benzene rings is 2. The summed E-state index contributed by atoms with van der Waals surface area (Å²) in [5.41, 5.74) is 3.16. The van der Waals surface area contributed by atoms with Crippen molar-refractivity contribution in [2.45, 2.75) is 44.6 Å². The third-order valence-corrected chi connectivity index (χ3v) is 8.15. The molecule has 8 heteroatoms. The van der Waals surface area contributed by atoms with Crippen molar-refractivity contribution in [2.24, 2.45) is 5.92 Å². The highest BCUT2D eigenvalue weighted by Crippen LogP contribution is 2.26. The fourth-order valence-electron chi connectivity index (χ4n) is 4.12. The van der Waals surface area contributed by atoms with Crippen LogP contribution in [-0.4, -0.2) is 43.3 Å².